The Balaban J connectivity index is 1.73. The van der Waals surface area contributed by atoms with E-state index in [0.29, 0.717) is 16.2 Å². The van der Waals surface area contributed by atoms with Gasteiger partial charge in [0.25, 0.3) is 0 Å². The molecule has 5 aromatic rings. The van der Waals surface area contributed by atoms with E-state index in [1.54, 1.807) is 10.6 Å². The van der Waals surface area contributed by atoms with Crippen LogP contribution in [0.15, 0.2) is 60.8 Å². The number of aromatic nitrogens is 4. The summed E-state index contributed by atoms with van der Waals surface area (Å²) in [5.74, 6) is 0.159. The molecule has 0 saturated heterocycles. The molecule has 0 bridgehead atoms. The minimum absolute atomic E-state index is 0.159. The number of nitrogens with zero attached hydrogens (tertiary/aromatic N) is 3. The Kier molecular flexibility index (Phi) is 3.45. The van der Waals surface area contributed by atoms with E-state index in [1.807, 2.05) is 61.7 Å². The molecule has 27 heavy (non-hydrogen) atoms. The average Bonchev–Trinajstić information content (AvgIpc) is 3.22. The number of aryl methyl sites for hydroxylation is 1. The maximum atomic E-state index is 10.8. The molecule has 2 aromatic carbocycles. The topological polar surface area (TPSA) is 66.2 Å². The number of nitrogens with one attached hydrogen (secondary N) is 1. The van der Waals surface area contributed by atoms with Crippen LogP contribution in [0.25, 0.3) is 38.9 Å². The van der Waals surface area contributed by atoms with Crippen LogP contribution in [0.4, 0.5) is 0 Å². The van der Waals surface area contributed by atoms with Gasteiger partial charge in [-0.3, -0.25) is 5.10 Å². The molecule has 0 unspecified atom stereocenters. The van der Waals surface area contributed by atoms with Gasteiger partial charge in [0.15, 0.2) is 5.65 Å². The van der Waals surface area contributed by atoms with Crippen LogP contribution in [-0.4, -0.2) is 24.9 Å². The van der Waals surface area contributed by atoms with Gasteiger partial charge in [0.05, 0.1) is 5.39 Å². The second kappa shape index (κ2) is 5.86. The summed E-state index contributed by atoms with van der Waals surface area (Å²) in [4.78, 5) is 0. The Bertz CT molecular complexity index is 1280. The number of pyridine rings is 1. The predicted octanol–water partition coefficient (Wildman–Crippen LogP) is 5.21. The maximum Gasteiger partial charge on any atom is 0.179 e. The van der Waals surface area contributed by atoms with Crippen molar-refractivity contribution < 1.29 is 5.11 Å². The number of benzene rings is 2. The quantitative estimate of drug-likeness (QED) is 0.445. The molecule has 0 aliphatic carbocycles. The Morgan fingerprint density at radius 2 is 1.67 bits per heavy atom. The van der Waals surface area contributed by atoms with Gasteiger partial charge in [-0.05, 0) is 30.7 Å². The molecule has 3 heterocycles. The number of H-pyrrole nitrogens is 1. The average molecular weight is 375 g/mol. The van der Waals surface area contributed by atoms with Crippen LogP contribution in [0, 0.1) is 6.92 Å². The summed E-state index contributed by atoms with van der Waals surface area (Å²) < 4.78 is 1.70. The highest BCUT2D eigenvalue weighted by atomic mass is 35.5. The number of fused-ring (bicyclic) bond motifs is 3. The predicted molar refractivity (Wildman–Crippen MR) is 107 cm³/mol. The van der Waals surface area contributed by atoms with E-state index < -0.39 is 0 Å². The summed E-state index contributed by atoms with van der Waals surface area (Å²) in [6.45, 7) is 2.05. The van der Waals surface area contributed by atoms with Crippen LogP contribution in [0.2, 0.25) is 5.02 Å². The zero-order valence-corrected chi connectivity index (χ0v) is 15.2. The largest absolute Gasteiger partial charge is 0.506 e. The molecule has 0 amide bonds. The van der Waals surface area contributed by atoms with Gasteiger partial charge in [0, 0.05) is 22.3 Å². The Morgan fingerprint density at radius 3 is 2.41 bits per heavy atom. The van der Waals surface area contributed by atoms with E-state index >= 15 is 0 Å². The first-order valence-corrected chi connectivity index (χ1v) is 8.90. The minimum atomic E-state index is 0.159. The highest BCUT2D eigenvalue weighted by Crippen LogP contribution is 2.36. The highest BCUT2D eigenvalue weighted by molar-refractivity contribution is 6.30. The van der Waals surface area contributed by atoms with Crippen molar-refractivity contribution in [2.75, 3.05) is 0 Å². The van der Waals surface area contributed by atoms with Gasteiger partial charge in [-0.25, -0.2) is 4.52 Å². The molecule has 6 heteroatoms. The van der Waals surface area contributed by atoms with Crippen molar-refractivity contribution in [3.8, 4) is 28.1 Å². The number of hydrogen-bond donors (Lipinski definition) is 2. The van der Waals surface area contributed by atoms with Gasteiger partial charge in [-0.2, -0.15) is 5.10 Å². The third kappa shape index (κ3) is 2.55. The van der Waals surface area contributed by atoms with Gasteiger partial charge in [0.2, 0.25) is 0 Å². The second-order valence-corrected chi connectivity index (χ2v) is 7.01. The summed E-state index contributed by atoms with van der Waals surface area (Å²) in [5.41, 5.74) is 5.99. The lowest BCUT2D eigenvalue weighted by Gasteiger charge is -2.06. The van der Waals surface area contributed by atoms with Crippen LogP contribution < -0.4 is 0 Å². The summed E-state index contributed by atoms with van der Waals surface area (Å²) in [6, 6.07) is 17.4. The zero-order chi connectivity index (χ0) is 18.5. The molecule has 2 N–H and O–H groups in total. The van der Waals surface area contributed by atoms with E-state index in [1.165, 1.54) is 5.56 Å². The molecule has 3 aromatic heterocycles. The van der Waals surface area contributed by atoms with Crippen LogP contribution >= 0.6 is 11.6 Å². The molecule has 0 aliphatic heterocycles. The van der Waals surface area contributed by atoms with Crippen LogP contribution in [0.5, 0.6) is 5.75 Å². The van der Waals surface area contributed by atoms with Crippen molar-refractivity contribution in [2.24, 2.45) is 0 Å². The molecule has 5 rings (SSSR count). The molecule has 5 nitrogen and oxygen atoms in total. The Hall–Kier alpha value is -3.31. The lowest BCUT2D eigenvalue weighted by atomic mass is 10.0. The van der Waals surface area contributed by atoms with Crippen LogP contribution in [0.3, 0.4) is 0 Å². The fourth-order valence-corrected chi connectivity index (χ4v) is 3.47. The van der Waals surface area contributed by atoms with E-state index in [-0.39, 0.29) is 5.75 Å². The third-order valence-corrected chi connectivity index (χ3v) is 4.97. The fraction of sp³-hybridized carbons (Fsp3) is 0.0476. The second-order valence-electron chi connectivity index (χ2n) is 6.58. The first kappa shape index (κ1) is 15.9. The molecule has 0 spiro atoms. The van der Waals surface area contributed by atoms with Crippen molar-refractivity contribution in [1.82, 2.24) is 19.8 Å². The molecular weight excluding hydrogens is 360 g/mol. The lowest BCUT2D eigenvalue weighted by Crippen LogP contribution is -1.91. The third-order valence-electron chi connectivity index (χ3n) is 4.72. The first-order chi connectivity index (χ1) is 13.1. The smallest absolute Gasteiger partial charge is 0.179 e. The summed E-state index contributed by atoms with van der Waals surface area (Å²) in [5, 5.41) is 24.1. The number of aromatic hydroxyl groups is 1. The van der Waals surface area contributed by atoms with E-state index in [4.69, 9.17) is 11.6 Å². The van der Waals surface area contributed by atoms with E-state index in [2.05, 4.69) is 15.3 Å². The van der Waals surface area contributed by atoms with Crippen LogP contribution in [0.1, 0.15) is 5.56 Å². The van der Waals surface area contributed by atoms with Gasteiger partial charge in [-0.15, -0.1) is 5.10 Å². The van der Waals surface area contributed by atoms with Gasteiger partial charge in [0.1, 0.15) is 17.0 Å². The molecule has 0 aliphatic rings. The zero-order valence-electron chi connectivity index (χ0n) is 14.4. The SMILES string of the molecule is Cc1ccc(-c2cc(O)c3c4c(-c5ccc(Cl)cc5)n[nH]c4nn3c2)cc1. The summed E-state index contributed by atoms with van der Waals surface area (Å²) in [7, 11) is 0. The van der Waals surface area contributed by atoms with Gasteiger partial charge < -0.3 is 5.11 Å². The van der Waals surface area contributed by atoms with E-state index in [9.17, 15) is 5.11 Å². The molecule has 0 radical (unpaired) electrons. The monoisotopic (exact) mass is 374 g/mol. The van der Waals surface area contributed by atoms with Crippen molar-refractivity contribution >= 4 is 28.2 Å². The van der Waals surface area contributed by atoms with Crippen molar-refractivity contribution in [3.63, 3.8) is 0 Å². The number of halogens is 1. The lowest BCUT2D eigenvalue weighted by molar-refractivity contribution is 0.479. The first-order valence-electron chi connectivity index (χ1n) is 8.52. The van der Waals surface area contributed by atoms with Crippen molar-refractivity contribution in [2.45, 2.75) is 6.92 Å². The highest BCUT2D eigenvalue weighted by Gasteiger charge is 2.18. The molecule has 0 fully saturated rings. The normalized spacial score (nSPS) is 11.5. The fourth-order valence-electron chi connectivity index (χ4n) is 3.35. The molecule has 132 valence electrons. The number of hydrogen-bond acceptors (Lipinski definition) is 3. The van der Waals surface area contributed by atoms with Crippen LogP contribution in [-0.2, 0) is 0 Å². The minimum Gasteiger partial charge on any atom is -0.506 e. The Morgan fingerprint density at radius 1 is 0.963 bits per heavy atom. The Labute approximate surface area is 159 Å². The van der Waals surface area contributed by atoms with E-state index in [0.717, 1.165) is 27.8 Å². The van der Waals surface area contributed by atoms with Gasteiger partial charge in [-0.1, -0.05) is 53.6 Å². The van der Waals surface area contributed by atoms with Crippen molar-refractivity contribution in [3.05, 3.63) is 71.4 Å². The molecule has 0 saturated carbocycles. The van der Waals surface area contributed by atoms with Gasteiger partial charge >= 0.3 is 0 Å². The number of rotatable bonds is 2. The summed E-state index contributed by atoms with van der Waals surface area (Å²) in [6.07, 6.45) is 1.92. The summed E-state index contributed by atoms with van der Waals surface area (Å²) >= 11 is 5.99. The molecular formula is C21H15ClN4O. The van der Waals surface area contributed by atoms with Crippen molar-refractivity contribution in [1.29, 1.82) is 0 Å². The standard InChI is InChI=1S/C21H15ClN4O/c1-12-2-4-13(5-3-12)15-10-17(27)20-18-19(14-6-8-16(22)9-7-14)23-24-21(18)25-26(20)11-15/h2-11,27H,1H3,(H,24,25). The number of aromatic amines is 1. The molecule has 0 atom stereocenters. The maximum absolute atomic E-state index is 10.8.